The summed E-state index contributed by atoms with van der Waals surface area (Å²) in [6.45, 7) is -6.42. The molecular weight excluding hydrogens is 494 g/mol. The van der Waals surface area contributed by atoms with Crippen molar-refractivity contribution in [2.75, 3.05) is 24.2 Å². The predicted molar refractivity (Wildman–Crippen MR) is 128 cm³/mol. The molecule has 2 aliphatic carbocycles. The maximum atomic E-state index is 14.5. The van der Waals surface area contributed by atoms with Gasteiger partial charge in [0.1, 0.15) is 12.2 Å². The second-order valence-corrected chi connectivity index (χ2v) is 8.27. The van der Waals surface area contributed by atoms with Crippen LogP contribution < -0.4 is 5.32 Å². The van der Waals surface area contributed by atoms with E-state index in [1.54, 1.807) is 6.92 Å². The van der Waals surface area contributed by atoms with E-state index in [0.717, 1.165) is 11.8 Å². The lowest BCUT2D eigenvalue weighted by Gasteiger charge is -2.17. The molecule has 1 unspecified atom stereocenters. The van der Waals surface area contributed by atoms with E-state index in [2.05, 4.69) is 30.3 Å². The fourth-order valence-corrected chi connectivity index (χ4v) is 3.82. The summed E-state index contributed by atoms with van der Waals surface area (Å²) in [6, 6.07) is -9.72. The van der Waals surface area contributed by atoms with Crippen LogP contribution in [0.4, 0.5) is 14.6 Å². The maximum absolute atomic E-state index is 14.5. The molecule has 0 aliphatic heterocycles. The number of anilines is 1. The van der Waals surface area contributed by atoms with Gasteiger partial charge in [0.05, 0.1) is 40.3 Å². The summed E-state index contributed by atoms with van der Waals surface area (Å²) in [5, 5.41) is 41.4. The molecule has 2 heterocycles. The van der Waals surface area contributed by atoms with Gasteiger partial charge < -0.3 is 25.4 Å². The van der Waals surface area contributed by atoms with Gasteiger partial charge in [-0.15, -0.1) is 5.10 Å². The number of rotatable bonds is 10. The Morgan fingerprint density at radius 3 is 2.92 bits per heavy atom. The first-order valence-corrected chi connectivity index (χ1v) is 11.2. The van der Waals surface area contributed by atoms with E-state index in [0.29, 0.717) is 6.42 Å². The van der Waals surface area contributed by atoms with E-state index >= 15 is 0 Å². The van der Waals surface area contributed by atoms with Gasteiger partial charge >= 0.3 is 0 Å². The number of benzene rings is 1. The van der Waals surface area contributed by atoms with Crippen LogP contribution in [0.1, 0.15) is 65.5 Å². The second kappa shape index (κ2) is 10.5. The van der Waals surface area contributed by atoms with Crippen LogP contribution >= 0.6 is 11.8 Å². The van der Waals surface area contributed by atoms with Gasteiger partial charge in [-0.1, -0.05) is 29.9 Å². The number of fused-ring (bicyclic) bond motifs is 1. The van der Waals surface area contributed by atoms with Crippen molar-refractivity contribution in [3.63, 3.8) is 0 Å². The Morgan fingerprint density at radius 2 is 2.14 bits per heavy atom. The Hall–Kier alpha value is -2.45. The third-order valence-corrected chi connectivity index (χ3v) is 5.85. The number of ether oxygens (including phenoxy) is 1. The summed E-state index contributed by atoms with van der Waals surface area (Å²) in [7, 11) is 0. The molecule has 2 fully saturated rings. The van der Waals surface area contributed by atoms with E-state index in [1.807, 2.05) is 0 Å². The van der Waals surface area contributed by atoms with Crippen LogP contribution in [0.2, 0.25) is 0 Å². The van der Waals surface area contributed by atoms with Crippen molar-refractivity contribution >= 4 is 28.7 Å². The van der Waals surface area contributed by atoms with Crippen molar-refractivity contribution in [2.45, 2.75) is 67.4 Å². The lowest BCUT2D eigenvalue weighted by molar-refractivity contribution is -0.0629. The fourth-order valence-electron chi connectivity index (χ4n) is 3.13. The van der Waals surface area contributed by atoms with Gasteiger partial charge in [-0.2, -0.15) is 0 Å². The van der Waals surface area contributed by atoms with Gasteiger partial charge in [0.15, 0.2) is 33.8 Å². The van der Waals surface area contributed by atoms with Gasteiger partial charge in [-0.3, -0.25) is 0 Å². The average molecular weight is 539 g/mol. The summed E-state index contributed by atoms with van der Waals surface area (Å²) in [5.74, 6) is -6.82. The summed E-state index contributed by atoms with van der Waals surface area (Å²) >= 11 is 0.888. The third-order valence-electron chi connectivity index (χ3n) is 4.80. The van der Waals surface area contributed by atoms with Gasteiger partial charge in [0.2, 0.25) is 0 Å². The topological polar surface area (TPSA) is 138 Å². The molecule has 2 saturated carbocycles. The highest BCUT2D eigenvalue weighted by Crippen LogP contribution is 2.44. The monoisotopic (exact) mass is 538 g/mol. The van der Waals surface area contributed by atoms with E-state index in [1.165, 1.54) is 0 Å². The number of aliphatic hydroxyl groups is 3. The van der Waals surface area contributed by atoms with E-state index in [-0.39, 0.29) is 15.6 Å². The molecule has 10 nitrogen and oxygen atoms in total. The van der Waals surface area contributed by atoms with E-state index < -0.39 is 114 Å². The minimum atomic E-state index is -4.39. The molecule has 1 aromatic carbocycles. The van der Waals surface area contributed by atoms with Crippen molar-refractivity contribution in [1.82, 2.24) is 25.0 Å². The molecule has 0 amide bonds. The third kappa shape index (κ3) is 4.90. The second-order valence-electron chi connectivity index (χ2n) is 7.21. The number of thioether (sulfide) groups is 1. The molecule has 2 aliphatic rings. The van der Waals surface area contributed by atoms with Gasteiger partial charge in [-0.05, 0) is 30.4 Å². The van der Waals surface area contributed by atoms with Crippen LogP contribution in [0.3, 0.4) is 0 Å². The van der Waals surface area contributed by atoms with Gasteiger partial charge in [0, 0.05) is 30.9 Å². The van der Waals surface area contributed by atoms with Crippen molar-refractivity contribution in [3.8, 4) is 0 Å². The lowest BCUT2D eigenvalue weighted by Crippen LogP contribution is -2.33. The lowest BCUT2D eigenvalue weighted by atomic mass is 10.1. The number of hydrogen-bond acceptors (Lipinski definition) is 10. The van der Waals surface area contributed by atoms with Crippen molar-refractivity contribution < 1.29 is 50.8 Å². The smallest absolute Gasteiger partial charge is 0.191 e. The Labute approximate surface area is 232 Å². The van der Waals surface area contributed by atoms with Crippen molar-refractivity contribution in [1.29, 1.82) is 0 Å². The van der Waals surface area contributed by atoms with Crippen molar-refractivity contribution in [3.05, 3.63) is 35.3 Å². The number of nitrogens with zero attached hydrogens (tertiary/aromatic N) is 5. The highest BCUT2D eigenvalue weighted by molar-refractivity contribution is 7.99. The quantitative estimate of drug-likeness (QED) is 0.224. The SMILES string of the molecule is [2H]c1c([2H])c(C2([2H])[C@@H](Nc3nc(SCCC)nc4c3nnn4[C@]3([2H])C([2H])([2H])[C@]([2H])(OC([2H])([2H])C([2H])([2H])O)[C@@]([2H])(O)[C@@]3([2H])O)C2([2H])[2H])c([2H])c(F)c1F. The number of aromatic nitrogens is 5. The Bertz CT molecular complexity index is 1940. The highest BCUT2D eigenvalue weighted by Gasteiger charge is 2.45. The summed E-state index contributed by atoms with van der Waals surface area (Å²) in [6.07, 6.45) is -19.5. The molecule has 13 heteroatoms. The van der Waals surface area contributed by atoms with Crippen LogP contribution in [0.25, 0.3) is 11.2 Å². The van der Waals surface area contributed by atoms with Crippen LogP contribution in [0.5, 0.6) is 0 Å². The molecule has 194 valence electrons. The molecular formula is C23H28F2N6O4S. The van der Waals surface area contributed by atoms with Crippen LogP contribution in [-0.4, -0.2) is 83.4 Å². The molecule has 6 atom stereocenters. The first-order valence-electron chi connectivity index (χ1n) is 18.2. The molecule has 3 aromatic rings. The summed E-state index contributed by atoms with van der Waals surface area (Å²) in [4.78, 5) is 8.30. The zero-order valence-corrected chi connectivity index (χ0v) is 19.0. The normalized spacial score (nSPS) is 47.9. The zero-order chi connectivity index (χ0) is 39.8. The van der Waals surface area contributed by atoms with Crippen LogP contribution in [0.15, 0.2) is 23.3 Å². The molecule has 5 rings (SSSR count). The van der Waals surface area contributed by atoms with E-state index in [4.69, 9.17) is 21.9 Å². The average Bonchev–Trinajstić information content (AvgIpc) is 3.27. The Balaban J connectivity index is 1.71. The molecule has 0 bridgehead atoms. The standard InChI is InChI=1S/C23H28F2N6O4S/c1-2-7-36-23-27-21(26-15-9-12(15)11-3-4-13(24)14(25)8-11)18-22(28-23)31(30-29-18)16-10-17(35-6-5-32)20(34)19(16)33/h3-4,8,12,15-17,19-20,32-34H,2,5-7,9-10H2,1H3,(H,26,27,28)/t12?,15-,16+,17-,19-,20+/m0/s1/i3D,4D,5D2,6D2,8D,9D2,10D2,12D,16D,17D,19D,20D. The Kier molecular flexibility index (Phi) is 3.62. The molecule has 36 heavy (non-hydrogen) atoms. The van der Waals surface area contributed by atoms with Gasteiger partial charge in [-0.25, -0.2) is 23.4 Å². The molecule has 0 spiro atoms. The minimum Gasteiger partial charge on any atom is -0.394 e. The van der Waals surface area contributed by atoms with Crippen LogP contribution in [0, 0.1) is 11.6 Å². The summed E-state index contributed by atoms with van der Waals surface area (Å²) < 4.78 is 164. The molecule has 2 aromatic heterocycles. The summed E-state index contributed by atoms with van der Waals surface area (Å²) in [5.41, 5.74) is -2.46. The number of hydrogen-bond donors (Lipinski definition) is 4. The largest absolute Gasteiger partial charge is 0.394 e. The van der Waals surface area contributed by atoms with Gasteiger partial charge in [0.25, 0.3) is 0 Å². The minimum absolute atomic E-state index is 0.0154. The first-order chi connectivity index (χ1) is 23.4. The highest BCUT2D eigenvalue weighted by atomic mass is 32.2. The Morgan fingerprint density at radius 1 is 1.31 bits per heavy atom. The van der Waals surface area contributed by atoms with Crippen molar-refractivity contribution in [2.24, 2.45) is 0 Å². The van der Waals surface area contributed by atoms with E-state index in [9.17, 15) is 24.1 Å². The predicted octanol–water partition coefficient (Wildman–Crippen LogP) is 2.01. The fraction of sp³-hybridized carbons (Fsp3) is 0.565. The van der Waals surface area contributed by atoms with Crippen LogP contribution in [-0.2, 0) is 4.74 Å². The molecule has 0 saturated heterocycles. The maximum Gasteiger partial charge on any atom is 0.191 e. The number of halogens is 2. The zero-order valence-electron chi connectivity index (χ0n) is 34.1. The first kappa shape index (κ1) is 12.4. The molecule has 0 radical (unpaired) electrons. The molecule has 4 N–H and O–H groups in total. The number of nitrogens with one attached hydrogen (secondary N) is 1.